The Morgan fingerprint density at radius 3 is 2.48 bits per heavy atom. The first kappa shape index (κ1) is 19.7. The van der Waals surface area contributed by atoms with Gasteiger partial charge in [-0.3, -0.25) is 9.00 Å². The summed E-state index contributed by atoms with van der Waals surface area (Å²) >= 11 is 1.24. The van der Waals surface area contributed by atoms with Crippen LogP contribution in [0.2, 0.25) is 0 Å². The van der Waals surface area contributed by atoms with Crippen LogP contribution in [-0.2, 0) is 10.8 Å². The van der Waals surface area contributed by atoms with Gasteiger partial charge in [-0.15, -0.1) is 11.3 Å². The molecule has 3 heterocycles. The SMILES string of the molecule is CS(=O)c1ccc(N2CCCN(c3ccnc4sc(C(N)=O)c(N)c34)CC2)cc1. The number of benzene rings is 1. The number of carbonyl (C=O) groups excluding carboxylic acids is 1. The molecule has 7 nitrogen and oxygen atoms in total. The molecule has 1 unspecified atom stereocenters. The van der Waals surface area contributed by atoms with Gasteiger partial charge in [0.25, 0.3) is 5.91 Å². The Hall–Kier alpha value is -2.65. The third-order valence-corrected chi connectivity index (χ3v) is 7.27. The van der Waals surface area contributed by atoms with Gasteiger partial charge in [-0.05, 0) is 36.8 Å². The van der Waals surface area contributed by atoms with Gasteiger partial charge >= 0.3 is 0 Å². The van der Waals surface area contributed by atoms with E-state index < -0.39 is 16.7 Å². The van der Waals surface area contributed by atoms with Gasteiger partial charge < -0.3 is 21.3 Å². The number of anilines is 3. The third kappa shape index (κ3) is 3.79. The lowest BCUT2D eigenvalue weighted by molar-refractivity contribution is 0.100. The van der Waals surface area contributed by atoms with Crippen LogP contribution < -0.4 is 21.3 Å². The number of aromatic nitrogens is 1. The van der Waals surface area contributed by atoms with Gasteiger partial charge in [-0.25, -0.2) is 4.98 Å². The van der Waals surface area contributed by atoms with Crippen LogP contribution >= 0.6 is 11.3 Å². The zero-order chi connectivity index (χ0) is 20.5. The summed E-state index contributed by atoms with van der Waals surface area (Å²) in [6, 6.07) is 9.88. The number of nitrogen functional groups attached to an aromatic ring is 1. The van der Waals surface area contributed by atoms with Crippen molar-refractivity contribution in [3.05, 3.63) is 41.4 Å². The number of amides is 1. The minimum atomic E-state index is -0.970. The number of carbonyl (C=O) groups is 1. The molecule has 4 rings (SSSR count). The quantitative estimate of drug-likeness (QED) is 0.660. The van der Waals surface area contributed by atoms with Crippen LogP contribution in [0.15, 0.2) is 41.4 Å². The molecule has 1 fully saturated rings. The molecule has 3 aromatic rings. The second-order valence-electron chi connectivity index (χ2n) is 7.00. The van der Waals surface area contributed by atoms with Crippen LogP contribution in [0.5, 0.6) is 0 Å². The van der Waals surface area contributed by atoms with Crippen LogP contribution in [0.1, 0.15) is 16.1 Å². The fraction of sp³-hybridized carbons (Fsp3) is 0.300. The number of thiophene rings is 1. The molecule has 0 spiro atoms. The van der Waals surface area contributed by atoms with Gasteiger partial charge in [-0.2, -0.15) is 0 Å². The van der Waals surface area contributed by atoms with E-state index in [1.165, 1.54) is 11.3 Å². The summed E-state index contributed by atoms with van der Waals surface area (Å²) < 4.78 is 11.6. The maximum atomic E-state index is 11.7. The van der Waals surface area contributed by atoms with Crippen LogP contribution in [0.25, 0.3) is 10.2 Å². The van der Waals surface area contributed by atoms with Crippen molar-refractivity contribution in [2.24, 2.45) is 5.73 Å². The molecule has 2 aromatic heterocycles. The topological polar surface area (TPSA) is 106 Å². The zero-order valence-electron chi connectivity index (χ0n) is 16.1. The highest BCUT2D eigenvalue weighted by molar-refractivity contribution is 7.84. The van der Waals surface area contributed by atoms with Crippen molar-refractivity contribution in [2.45, 2.75) is 11.3 Å². The summed E-state index contributed by atoms with van der Waals surface area (Å²) in [5.41, 5.74) is 14.3. The Labute approximate surface area is 175 Å². The van der Waals surface area contributed by atoms with E-state index in [1.807, 2.05) is 30.3 Å². The second kappa shape index (κ2) is 8.00. The first-order chi connectivity index (χ1) is 14.0. The molecule has 1 amide bonds. The van der Waals surface area contributed by atoms with E-state index in [2.05, 4.69) is 14.8 Å². The van der Waals surface area contributed by atoms with Crippen LogP contribution in [0.4, 0.5) is 17.1 Å². The number of fused-ring (bicyclic) bond motifs is 1. The normalized spacial score (nSPS) is 16.0. The van der Waals surface area contributed by atoms with Crippen molar-refractivity contribution < 1.29 is 9.00 Å². The lowest BCUT2D eigenvalue weighted by atomic mass is 10.2. The molecule has 1 aromatic carbocycles. The molecule has 1 saturated heterocycles. The van der Waals surface area contributed by atoms with Crippen molar-refractivity contribution in [1.29, 1.82) is 0 Å². The molecule has 1 atom stereocenters. The lowest BCUT2D eigenvalue weighted by Crippen LogP contribution is -2.30. The van der Waals surface area contributed by atoms with Gasteiger partial charge in [0.15, 0.2) is 0 Å². The first-order valence-electron chi connectivity index (χ1n) is 9.36. The van der Waals surface area contributed by atoms with Gasteiger partial charge in [-0.1, -0.05) is 0 Å². The van der Waals surface area contributed by atoms with E-state index in [9.17, 15) is 9.00 Å². The Morgan fingerprint density at radius 2 is 1.79 bits per heavy atom. The van der Waals surface area contributed by atoms with Gasteiger partial charge in [0, 0.05) is 60.0 Å². The van der Waals surface area contributed by atoms with E-state index in [0.29, 0.717) is 10.6 Å². The molecule has 9 heteroatoms. The minimum absolute atomic E-state index is 0.366. The molecule has 0 saturated carbocycles. The Morgan fingerprint density at radius 1 is 1.10 bits per heavy atom. The zero-order valence-corrected chi connectivity index (χ0v) is 17.8. The highest BCUT2D eigenvalue weighted by Gasteiger charge is 2.22. The van der Waals surface area contributed by atoms with Crippen LogP contribution in [0.3, 0.4) is 0 Å². The molecule has 29 heavy (non-hydrogen) atoms. The number of rotatable bonds is 4. The lowest BCUT2D eigenvalue weighted by Gasteiger charge is -2.25. The van der Waals surface area contributed by atoms with E-state index in [4.69, 9.17) is 11.5 Å². The molecule has 1 aliphatic rings. The van der Waals surface area contributed by atoms with Crippen molar-refractivity contribution >= 4 is 55.3 Å². The summed E-state index contributed by atoms with van der Waals surface area (Å²) in [5, 5.41) is 0.814. The summed E-state index contributed by atoms with van der Waals surface area (Å²) in [4.78, 5) is 22.6. The number of hydrogen-bond donors (Lipinski definition) is 2. The number of primary amides is 1. The molecule has 0 bridgehead atoms. The maximum absolute atomic E-state index is 11.7. The fourth-order valence-electron chi connectivity index (χ4n) is 3.74. The van der Waals surface area contributed by atoms with Gasteiger partial charge in [0.2, 0.25) is 0 Å². The van der Waals surface area contributed by atoms with E-state index in [0.717, 1.165) is 59.1 Å². The number of pyridine rings is 1. The Bertz CT molecular complexity index is 1080. The van der Waals surface area contributed by atoms with E-state index in [1.54, 1.807) is 12.5 Å². The Kier molecular flexibility index (Phi) is 5.42. The van der Waals surface area contributed by atoms with Crippen molar-refractivity contribution in [3.63, 3.8) is 0 Å². The molecular formula is C20H23N5O2S2. The molecule has 0 aliphatic carbocycles. The van der Waals surface area contributed by atoms with Gasteiger partial charge in [0.1, 0.15) is 9.71 Å². The second-order valence-corrected chi connectivity index (χ2v) is 9.37. The molecular weight excluding hydrogens is 406 g/mol. The number of hydrogen-bond acceptors (Lipinski definition) is 7. The number of nitrogens with zero attached hydrogens (tertiary/aromatic N) is 3. The van der Waals surface area contributed by atoms with Crippen molar-refractivity contribution in [1.82, 2.24) is 4.98 Å². The predicted octanol–water partition coefficient (Wildman–Crippen LogP) is 2.43. The monoisotopic (exact) mass is 429 g/mol. The fourth-order valence-corrected chi connectivity index (χ4v) is 5.20. The Balaban J connectivity index is 1.59. The summed E-state index contributed by atoms with van der Waals surface area (Å²) in [6.07, 6.45) is 4.43. The molecule has 0 radical (unpaired) electrons. The molecule has 4 N–H and O–H groups in total. The van der Waals surface area contributed by atoms with E-state index in [-0.39, 0.29) is 0 Å². The van der Waals surface area contributed by atoms with E-state index >= 15 is 0 Å². The molecule has 152 valence electrons. The summed E-state index contributed by atoms with van der Waals surface area (Å²) in [5.74, 6) is -0.519. The average molecular weight is 430 g/mol. The first-order valence-corrected chi connectivity index (χ1v) is 11.7. The van der Waals surface area contributed by atoms with Crippen LogP contribution in [0, 0.1) is 0 Å². The van der Waals surface area contributed by atoms with Crippen molar-refractivity contribution in [3.8, 4) is 0 Å². The number of nitrogens with two attached hydrogens (primary N) is 2. The largest absolute Gasteiger partial charge is 0.397 e. The predicted molar refractivity (Wildman–Crippen MR) is 120 cm³/mol. The van der Waals surface area contributed by atoms with Gasteiger partial charge in [0.05, 0.1) is 16.8 Å². The highest BCUT2D eigenvalue weighted by atomic mass is 32.2. The smallest absolute Gasteiger partial charge is 0.260 e. The standard InChI is InChI=1S/C20H23N5O2S2/c1-29(27)14-5-3-13(4-6-14)24-9-2-10-25(12-11-24)15-7-8-23-20-16(15)17(21)18(28-20)19(22)26/h3-8H,2,9-12,21H2,1H3,(H2,22,26). The summed E-state index contributed by atoms with van der Waals surface area (Å²) in [7, 11) is -0.970. The summed E-state index contributed by atoms with van der Waals surface area (Å²) in [6.45, 7) is 3.49. The highest BCUT2D eigenvalue weighted by Crippen LogP contribution is 2.38. The average Bonchev–Trinajstić information content (AvgIpc) is 2.89. The maximum Gasteiger partial charge on any atom is 0.260 e. The molecule has 1 aliphatic heterocycles. The van der Waals surface area contributed by atoms with Crippen molar-refractivity contribution in [2.75, 3.05) is 48.0 Å². The third-order valence-electron chi connectivity index (χ3n) is 5.20. The minimum Gasteiger partial charge on any atom is -0.397 e. The van der Waals surface area contributed by atoms with Crippen LogP contribution in [-0.4, -0.2) is 47.5 Å².